The van der Waals surface area contributed by atoms with Crippen LogP contribution in [0.3, 0.4) is 0 Å². The minimum Gasteiger partial charge on any atom is -0.478 e. The van der Waals surface area contributed by atoms with Crippen molar-refractivity contribution in [2.24, 2.45) is 0 Å². The van der Waals surface area contributed by atoms with Gasteiger partial charge in [0.15, 0.2) is 0 Å². The van der Waals surface area contributed by atoms with Gasteiger partial charge in [-0.05, 0) is 48.7 Å². The molecule has 26 heavy (non-hydrogen) atoms. The maximum absolute atomic E-state index is 11.4. The van der Waals surface area contributed by atoms with Crippen LogP contribution in [-0.2, 0) is 6.54 Å². The van der Waals surface area contributed by atoms with Crippen LogP contribution < -0.4 is 4.90 Å². The van der Waals surface area contributed by atoms with Crippen molar-refractivity contribution in [3.8, 4) is 6.07 Å². The first-order valence-corrected chi connectivity index (χ1v) is 8.80. The van der Waals surface area contributed by atoms with E-state index < -0.39 is 5.97 Å². The molecule has 1 fully saturated rings. The van der Waals surface area contributed by atoms with Crippen molar-refractivity contribution in [2.45, 2.75) is 20.4 Å². The van der Waals surface area contributed by atoms with E-state index in [-0.39, 0.29) is 0 Å². The van der Waals surface area contributed by atoms with Crippen molar-refractivity contribution in [1.82, 2.24) is 4.90 Å². The number of aryl methyl sites for hydroxylation is 1. The molecule has 0 aromatic heterocycles. The molecule has 2 aromatic carbocycles. The van der Waals surface area contributed by atoms with E-state index in [1.807, 2.05) is 44.2 Å². The van der Waals surface area contributed by atoms with Crippen molar-refractivity contribution < 1.29 is 9.90 Å². The smallest absolute Gasteiger partial charge is 0.335 e. The normalized spacial score (nSPS) is 14.9. The van der Waals surface area contributed by atoms with Gasteiger partial charge < -0.3 is 10.0 Å². The van der Waals surface area contributed by atoms with E-state index in [0.29, 0.717) is 11.1 Å². The summed E-state index contributed by atoms with van der Waals surface area (Å²) in [5.41, 5.74) is 5.18. The molecule has 5 heteroatoms. The molecule has 1 N–H and O–H groups in total. The SMILES string of the molecule is Cc1ccc(C(=O)O)c(C)c1CN1CCN(c2ccccc2C#N)CC1. The zero-order chi connectivity index (χ0) is 18.7. The minimum absolute atomic E-state index is 0.382. The predicted molar refractivity (Wildman–Crippen MR) is 102 cm³/mol. The van der Waals surface area contributed by atoms with Crippen LogP contribution in [0.15, 0.2) is 36.4 Å². The Labute approximate surface area is 154 Å². The fraction of sp³-hybridized carbons (Fsp3) is 0.333. The number of carboxylic acids is 1. The van der Waals surface area contributed by atoms with Gasteiger partial charge in [0, 0.05) is 32.7 Å². The molecule has 0 saturated carbocycles. The second-order valence-corrected chi connectivity index (χ2v) is 6.73. The maximum atomic E-state index is 11.4. The van der Waals surface area contributed by atoms with Gasteiger partial charge in [-0.1, -0.05) is 18.2 Å². The van der Waals surface area contributed by atoms with Crippen LogP contribution >= 0.6 is 0 Å². The number of nitriles is 1. The minimum atomic E-state index is -0.873. The quantitative estimate of drug-likeness (QED) is 0.918. The number of aromatic carboxylic acids is 1. The molecular weight excluding hydrogens is 326 g/mol. The highest BCUT2D eigenvalue weighted by Crippen LogP contribution is 2.24. The van der Waals surface area contributed by atoms with Crippen LogP contribution in [0.2, 0.25) is 0 Å². The Morgan fingerprint density at radius 3 is 2.46 bits per heavy atom. The summed E-state index contributed by atoms with van der Waals surface area (Å²) in [6, 6.07) is 13.6. The fourth-order valence-electron chi connectivity index (χ4n) is 3.58. The molecule has 1 heterocycles. The predicted octanol–water partition coefficient (Wildman–Crippen LogP) is 3.20. The lowest BCUT2D eigenvalue weighted by atomic mass is 9.97. The second kappa shape index (κ2) is 7.59. The Bertz CT molecular complexity index is 862. The Kier molecular flexibility index (Phi) is 5.24. The van der Waals surface area contributed by atoms with Crippen LogP contribution in [0, 0.1) is 25.2 Å². The summed E-state index contributed by atoms with van der Waals surface area (Å²) in [4.78, 5) is 16.0. The van der Waals surface area contributed by atoms with E-state index in [1.165, 1.54) is 0 Å². The number of hydrogen-bond donors (Lipinski definition) is 1. The summed E-state index contributed by atoms with van der Waals surface area (Å²) in [7, 11) is 0. The lowest BCUT2D eigenvalue weighted by Gasteiger charge is -2.37. The molecular formula is C21H23N3O2. The lowest BCUT2D eigenvalue weighted by Crippen LogP contribution is -2.46. The zero-order valence-corrected chi connectivity index (χ0v) is 15.2. The van der Waals surface area contributed by atoms with E-state index in [2.05, 4.69) is 15.9 Å². The average molecular weight is 349 g/mol. The third-order valence-corrected chi connectivity index (χ3v) is 5.18. The fourth-order valence-corrected chi connectivity index (χ4v) is 3.58. The van der Waals surface area contributed by atoms with Crippen molar-refractivity contribution >= 4 is 11.7 Å². The van der Waals surface area contributed by atoms with Crippen LogP contribution in [0.4, 0.5) is 5.69 Å². The van der Waals surface area contributed by atoms with Gasteiger partial charge in [0.2, 0.25) is 0 Å². The molecule has 0 aliphatic carbocycles. The molecule has 3 rings (SSSR count). The molecule has 0 spiro atoms. The number of hydrogen-bond acceptors (Lipinski definition) is 4. The molecule has 1 aliphatic rings. The number of benzene rings is 2. The van der Waals surface area contributed by atoms with Gasteiger partial charge in [0.25, 0.3) is 0 Å². The first kappa shape index (κ1) is 18.0. The van der Waals surface area contributed by atoms with E-state index >= 15 is 0 Å². The summed E-state index contributed by atoms with van der Waals surface area (Å²) in [5.74, 6) is -0.873. The van der Waals surface area contributed by atoms with Gasteiger partial charge in [-0.15, -0.1) is 0 Å². The number of anilines is 1. The Morgan fingerprint density at radius 2 is 1.81 bits per heavy atom. The maximum Gasteiger partial charge on any atom is 0.335 e. The first-order chi connectivity index (χ1) is 12.5. The van der Waals surface area contributed by atoms with E-state index in [0.717, 1.165) is 55.1 Å². The highest BCUT2D eigenvalue weighted by atomic mass is 16.4. The Balaban J connectivity index is 1.71. The highest BCUT2D eigenvalue weighted by molar-refractivity contribution is 5.89. The van der Waals surface area contributed by atoms with Crippen molar-refractivity contribution in [1.29, 1.82) is 5.26 Å². The van der Waals surface area contributed by atoms with Gasteiger partial charge in [-0.2, -0.15) is 5.26 Å². The molecule has 0 atom stereocenters. The van der Waals surface area contributed by atoms with Crippen LogP contribution in [0.1, 0.15) is 32.6 Å². The summed E-state index contributed by atoms with van der Waals surface area (Å²) in [6.07, 6.45) is 0. The molecule has 0 amide bonds. The van der Waals surface area contributed by atoms with Gasteiger partial charge in [-0.3, -0.25) is 4.90 Å². The first-order valence-electron chi connectivity index (χ1n) is 8.80. The highest BCUT2D eigenvalue weighted by Gasteiger charge is 2.21. The molecule has 1 saturated heterocycles. The Morgan fingerprint density at radius 1 is 1.12 bits per heavy atom. The third-order valence-electron chi connectivity index (χ3n) is 5.18. The number of rotatable bonds is 4. The number of carbonyl (C=O) groups is 1. The number of carboxylic acid groups (broad SMARTS) is 1. The molecule has 0 radical (unpaired) electrons. The topological polar surface area (TPSA) is 67.6 Å². The standard InChI is InChI=1S/C21H23N3O2/c1-15-7-8-18(21(25)26)16(2)19(15)14-23-9-11-24(12-10-23)20-6-4-3-5-17(20)13-22/h3-8H,9-12,14H2,1-2H3,(H,25,26). The van der Waals surface area contributed by atoms with Crippen LogP contribution in [0.25, 0.3) is 0 Å². The third kappa shape index (κ3) is 3.56. The molecule has 1 aliphatic heterocycles. The van der Waals surface area contributed by atoms with Crippen molar-refractivity contribution in [3.05, 3.63) is 64.2 Å². The number of nitrogens with zero attached hydrogens (tertiary/aromatic N) is 3. The van der Waals surface area contributed by atoms with Gasteiger partial charge in [0.1, 0.15) is 6.07 Å². The monoisotopic (exact) mass is 349 g/mol. The summed E-state index contributed by atoms with van der Waals surface area (Å²) in [5, 5.41) is 18.6. The summed E-state index contributed by atoms with van der Waals surface area (Å²) < 4.78 is 0. The van der Waals surface area contributed by atoms with Gasteiger partial charge in [0.05, 0.1) is 16.8 Å². The van der Waals surface area contributed by atoms with Crippen LogP contribution in [-0.4, -0.2) is 42.2 Å². The average Bonchev–Trinajstić information content (AvgIpc) is 2.65. The lowest BCUT2D eigenvalue weighted by molar-refractivity contribution is 0.0696. The largest absolute Gasteiger partial charge is 0.478 e. The van der Waals surface area contributed by atoms with E-state index in [1.54, 1.807) is 6.07 Å². The molecule has 0 bridgehead atoms. The summed E-state index contributed by atoms with van der Waals surface area (Å²) >= 11 is 0. The zero-order valence-electron chi connectivity index (χ0n) is 15.2. The van der Waals surface area contributed by atoms with Crippen molar-refractivity contribution in [2.75, 3.05) is 31.1 Å². The second-order valence-electron chi connectivity index (χ2n) is 6.73. The van der Waals surface area contributed by atoms with E-state index in [4.69, 9.17) is 0 Å². The molecule has 5 nitrogen and oxygen atoms in total. The molecule has 134 valence electrons. The Hall–Kier alpha value is -2.84. The molecule has 0 unspecified atom stereocenters. The van der Waals surface area contributed by atoms with Gasteiger partial charge >= 0.3 is 5.97 Å². The van der Waals surface area contributed by atoms with Gasteiger partial charge in [-0.25, -0.2) is 4.79 Å². The van der Waals surface area contributed by atoms with Crippen molar-refractivity contribution in [3.63, 3.8) is 0 Å². The summed E-state index contributed by atoms with van der Waals surface area (Å²) in [6.45, 7) is 8.17. The van der Waals surface area contributed by atoms with E-state index in [9.17, 15) is 15.2 Å². The van der Waals surface area contributed by atoms with Crippen LogP contribution in [0.5, 0.6) is 0 Å². The number of para-hydroxylation sites is 1. The number of piperazine rings is 1. The molecule has 2 aromatic rings.